The molecule has 0 aliphatic carbocycles. The number of rotatable bonds is 3. The number of likely N-dealkylation sites (tertiary alicyclic amines) is 1. The SMILES string of the molecule is CC(C)(C)OC(=O)N1CCC2(CCc3cc(-c4ccc(CS(C)(=O)=O)c(Cl)c4)ccc3O2)CC1. The van der Waals surface area contributed by atoms with E-state index in [-0.39, 0.29) is 17.4 Å². The molecule has 4 rings (SSSR count). The second-order valence-electron chi connectivity index (χ2n) is 10.5. The Morgan fingerprint density at radius 2 is 1.74 bits per heavy atom. The van der Waals surface area contributed by atoms with Gasteiger partial charge in [-0.3, -0.25) is 0 Å². The Bertz CT molecular complexity index is 1190. The van der Waals surface area contributed by atoms with Crippen LogP contribution < -0.4 is 4.74 Å². The number of fused-ring (bicyclic) bond motifs is 1. The number of amides is 1. The summed E-state index contributed by atoms with van der Waals surface area (Å²) in [6, 6.07) is 11.6. The van der Waals surface area contributed by atoms with Crippen molar-refractivity contribution < 1.29 is 22.7 Å². The maximum absolute atomic E-state index is 12.4. The highest BCUT2D eigenvalue weighted by Gasteiger charge is 2.41. The maximum Gasteiger partial charge on any atom is 0.410 e. The third-order valence-corrected chi connectivity index (χ3v) is 7.55. The average Bonchev–Trinajstić information content (AvgIpc) is 2.73. The quantitative estimate of drug-likeness (QED) is 0.539. The lowest BCUT2D eigenvalue weighted by molar-refractivity contribution is -0.0272. The third kappa shape index (κ3) is 5.87. The van der Waals surface area contributed by atoms with E-state index in [0.29, 0.717) is 23.7 Å². The van der Waals surface area contributed by atoms with E-state index in [0.717, 1.165) is 48.1 Å². The van der Waals surface area contributed by atoms with Gasteiger partial charge in [0, 0.05) is 37.2 Å². The van der Waals surface area contributed by atoms with Gasteiger partial charge >= 0.3 is 6.09 Å². The lowest BCUT2D eigenvalue weighted by Crippen LogP contribution is -2.52. The highest BCUT2D eigenvalue weighted by molar-refractivity contribution is 7.89. The smallest absolute Gasteiger partial charge is 0.410 e. The molecule has 0 atom stereocenters. The Hall–Kier alpha value is -2.25. The summed E-state index contributed by atoms with van der Waals surface area (Å²) in [5.41, 5.74) is 2.97. The number of carbonyl (C=O) groups is 1. The van der Waals surface area contributed by atoms with Crippen LogP contribution in [0.5, 0.6) is 5.75 Å². The first-order valence-electron chi connectivity index (χ1n) is 11.6. The second-order valence-corrected chi connectivity index (χ2v) is 13.0. The molecule has 1 saturated heterocycles. The topological polar surface area (TPSA) is 72.9 Å². The fourth-order valence-corrected chi connectivity index (χ4v) is 5.75. The van der Waals surface area contributed by atoms with Gasteiger partial charge in [-0.05, 0) is 74.1 Å². The Morgan fingerprint density at radius 3 is 2.35 bits per heavy atom. The zero-order valence-corrected chi connectivity index (χ0v) is 21.8. The summed E-state index contributed by atoms with van der Waals surface area (Å²) in [6.07, 6.45) is 4.31. The number of benzene rings is 2. The summed E-state index contributed by atoms with van der Waals surface area (Å²) in [4.78, 5) is 14.2. The molecule has 2 aromatic carbocycles. The molecule has 0 radical (unpaired) electrons. The Kier molecular flexibility index (Phi) is 6.64. The van der Waals surface area contributed by atoms with E-state index >= 15 is 0 Å². The molecule has 0 saturated carbocycles. The largest absolute Gasteiger partial charge is 0.487 e. The summed E-state index contributed by atoms with van der Waals surface area (Å²) in [6.45, 7) is 6.89. The molecule has 1 fully saturated rings. The predicted octanol–water partition coefficient (Wildman–Crippen LogP) is 5.65. The van der Waals surface area contributed by atoms with Gasteiger partial charge in [-0.15, -0.1) is 0 Å². The lowest BCUT2D eigenvalue weighted by Gasteiger charge is -2.44. The number of halogens is 1. The first-order valence-corrected chi connectivity index (χ1v) is 14.0. The highest BCUT2D eigenvalue weighted by atomic mass is 35.5. The Balaban J connectivity index is 1.44. The van der Waals surface area contributed by atoms with Gasteiger partial charge in [0.25, 0.3) is 0 Å². The highest BCUT2D eigenvalue weighted by Crippen LogP contribution is 2.41. The van der Waals surface area contributed by atoms with Crippen LogP contribution in [0.1, 0.15) is 51.2 Å². The minimum absolute atomic E-state index is 0.0718. The van der Waals surface area contributed by atoms with Crippen molar-refractivity contribution in [2.45, 2.75) is 63.4 Å². The van der Waals surface area contributed by atoms with Gasteiger partial charge in [-0.25, -0.2) is 13.2 Å². The third-order valence-electron chi connectivity index (χ3n) is 6.37. The number of aryl methyl sites for hydroxylation is 1. The molecule has 1 spiro atoms. The first-order chi connectivity index (χ1) is 15.8. The van der Waals surface area contributed by atoms with Crippen LogP contribution in [0.3, 0.4) is 0 Å². The monoisotopic (exact) mass is 505 g/mol. The molecule has 2 heterocycles. The molecule has 2 aliphatic heterocycles. The molecule has 184 valence electrons. The number of hydrogen-bond acceptors (Lipinski definition) is 5. The van der Waals surface area contributed by atoms with Crippen molar-refractivity contribution in [1.82, 2.24) is 4.90 Å². The van der Waals surface area contributed by atoms with Gasteiger partial charge in [0.05, 0.1) is 5.75 Å². The Labute approximate surface area is 207 Å². The number of sulfone groups is 1. The fourth-order valence-electron chi connectivity index (χ4n) is 4.60. The van der Waals surface area contributed by atoms with Crippen molar-refractivity contribution in [2.24, 2.45) is 0 Å². The molecule has 6 nitrogen and oxygen atoms in total. The first kappa shape index (κ1) is 24.9. The standard InChI is InChI=1S/C26H32ClNO5S/c1-25(2,3)33-24(29)28-13-11-26(12-14-28)10-9-20-15-18(7-8-23(20)32-26)19-5-6-21(22(27)16-19)17-34(4,30)31/h5-8,15-16H,9-14,17H2,1-4H3. The molecule has 34 heavy (non-hydrogen) atoms. The zero-order valence-electron chi connectivity index (χ0n) is 20.2. The van der Waals surface area contributed by atoms with Crippen LogP contribution in [0, 0.1) is 0 Å². The number of nitrogens with zero attached hydrogens (tertiary/aromatic N) is 1. The van der Waals surface area contributed by atoms with Gasteiger partial charge in [0.15, 0.2) is 9.84 Å². The van der Waals surface area contributed by atoms with Crippen molar-refractivity contribution in [3.63, 3.8) is 0 Å². The number of hydrogen-bond donors (Lipinski definition) is 0. The van der Waals surface area contributed by atoms with Crippen molar-refractivity contribution in [1.29, 1.82) is 0 Å². The molecule has 0 bridgehead atoms. The molecule has 8 heteroatoms. The summed E-state index contributed by atoms with van der Waals surface area (Å²) in [5, 5.41) is 0.451. The predicted molar refractivity (Wildman–Crippen MR) is 134 cm³/mol. The van der Waals surface area contributed by atoms with E-state index in [9.17, 15) is 13.2 Å². The summed E-state index contributed by atoms with van der Waals surface area (Å²) in [5.74, 6) is 0.818. The maximum atomic E-state index is 12.4. The van der Waals surface area contributed by atoms with Gasteiger partial charge in [-0.2, -0.15) is 0 Å². The van der Waals surface area contributed by atoms with Crippen LogP contribution in [0.4, 0.5) is 4.79 Å². The van der Waals surface area contributed by atoms with Gasteiger partial charge in [0.1, 0.15) is 17.0 Å². The number of carbonyl (C=O) groups excluding carboxylic acids is 1. The zero-order chi connectivity index (χ0) is 24.7. The van der Waals surface area contributed by atoms with E-state index in [4.69, 9.17) is 21.1 Å². The average molecular weight is 506 g/mol. The minimum Gasteiger partial charge on any atom is -0.487 e. The van der Waals surface area contributed by atoms with Crippen LogP contribution in [-0.4, -0.2) is 50.0 Å². The van der Waals surface area contributed by atoms with Crippen molar-refractivity contribution in [2.75, 3.05) is 19.3 Å². The van der Waals surface area contributed by atoms with E-state index in [2.05, 4.69) is 6.07 Å². The van der Waals surface area contributed by atoms with Crippen LogP contribution in [0.2, 0.25) is 5.02 Å². The summed E-state index contributed by atoms with van der Waals surface area (Å²) < 4.78 is 35.2. The number of ether oxygens (including phenoxy) is 2. The number of piperidine rings is 1. The van der Waals surface area contributed by atoms with Crippen molar-refractivity contribution in [3.05, 3.63) is 52.5 Å². The minimum atomic E-state index is -3.15. The molecule has 0 aromatic heterocycles. The van der Waals surface area contributed by atoms with Crippen LogP contribution in [0.25, 0.3) is 11.1 Å². The van der Waals surface area contributed by atoms with Gasteiger partial charge < -0.3 is 14.4 Å². The van der Waals surface area contributed by atoms with E-state index < -0.39 is 15.4 Å². The van der Waals surface area contributed by atoms with E-state index in [1.165, 1.54) is 6.26 Å². The molecule has 1 amide bonds. The van der Waals surface area contributed by atoms with E-state index in [1.807, 2.05) is 45.0 Å². The molecular formula is C26H32ClNO5S. The van der Waals surface area contributed by atoms with Crippen LogP contribution in [0.15, 0.2) is 36.4 Å². The van der Waals surface area contributed by atoms with Gasteiger partial charge in [0.2, 0.25) is 0 Å². The van der Waals surface area contributed by atoms with Gasteiger partial charge in [-0.1, -0.05) is 29.8 Å². The summed E-state index contributed by atoms with van der Waals surface area (Å²) >= 11 is 6.37. The van der Waals surface area contributed by atoms with E-state index in [1.54, 1.807) is 11.0 Å². The molecule has 2 aliphatic rings. The van der Waals surface area contributed by atoms with Crippen molar-refractivity contribution >= 4 is 27.5 Å². The second kappa shape index (κ2) is 9.08. The fraction of sp³-hybridized carbons (Fsp3) is 0.500. The lowest BCUT2D eigenvalue weighted by atomic mass is 9.82. The molecule has 2 aromatic rings. The van der Waals surface area contributed by atoms with Crippen molar-refractivity contribution in [3.8, 4) is 16.9 Å². The molecule has 0 unspecified atom stereocenters. The Morgan fingerprint density at radius 1 is 1.09 bits per heavy atom. The normalized spacial score (nSPS) is 17.7. The molecule has 0 N–H and O–H groups in total. The van der Waals surface area contributed by atoms with Crippen LogP contribution >= 0.6 is 11.6 Å². The summed E-state index contributed by atoms with van der Waals surface area (Å²) in [7, 11) is -3.15. The van der Waals surface area contributed by atoms with Crippen LogP contribution in [-0.2, 0) is 26.7 Å². The molecular weight excluding hydrogens is 474 g/mol.